The number of carbonyl (C=O) groups excluding carboxylic acids is 3. The van der Waals surface area contributed by atoms with E-state index in [0.717, 1.165) is 10.0 Å². The first-order valence-corrected chi connectivity index (χ1v) is 10.3. The van der Waals surface area contributed by atoms with Crippen molar-refractivity contribution in [2.45, 2.75) is 19.4 Å². The van der Waals surface area contributed by atoms with E-state index in [2.05, 4.69) is 21.2 Å². The first-order valence-electron chi connectivity index (χ1n) is 9.55. The summed E-state index contributed by atoms with van der Waals surface area (Å²) in [4.78, 5) is 38.5. The number of piperidine rings is 1. The van der Waals surface area contributed by atoms with Crippen LogP contribution in [-0.4, -0.2) is 42.3 Å². The minimum Gasteiger partial charge on any atom is -0.460 e. The van der Waals surface area contributed by atoms with Crippen LogP contribution in [0.3, 0.4) is 0 Å². The molecule has 1 fully saturated rings. The Morgan fingerprint density at radius 3 is 2.31 bits per heavy atom. The molecule has 0 saturated carbocycles. The van der Waals surface area contributed by atoms with Crippen LogP contribution >= 0.6 is 15.9 Å². The van der Waals surface area contributed by atoms with Crippen LogP contribution in [-0.2, 0) is 20.9 Å². The van der Waals surface area contributed by atoms with Gasteiger partial charge in [0.15, 0.2) is 0 Å². The molecule has 1 N–H and O–H groups in total. The number of amides is 2. The summed E-state index contributed by atoms with van der Waals surface area (Å²) >= 11 is 3.36. The number of ether oxygens (including phenoxy) is 1. The van der Waals surface area contributed by atoms with Crippen LogP contribution in [0, 0.1) is 5.92 Å². The number of hydrogen-bond donors (Lipinski definition) is 1. The van der Waals surface area contributed by atoms with Crippen LogP contribution in [0.25, 0.3) is 0 Å². The second-order valence-corrected chi connectivity index (χ2v) is 7.85. The van der Waals surface area contributed by atoms with E-state index in [1.807, 2.05) is 42.5 Å². The van der Waals surface area contributed by atoms with Crippen molar-refractivity contribution in [1.82, 2.24) is 10.2 Å². The van der Waals surface area contributed by atoms with Gasteiger partial charge in [0.25, 0.3) is 5.91 Å². The van der Waals surface area contributed by atoms with Crippen LogP contribution < -0.4 is 5.32 Å². The van der Waals surface area contributed by atoms with Gasteiger partial charge in [0, 0.05) is 29.0 Å². The quantitative estimate of drug-likeness (QED) is 0.674. The van der Waals surface area contributed by atoms with Crippen LogP contribution in [0.15, 0.2) is 59.1 Å². The summed E-state index contributed by atoms with van der Waals surface area (Å²) in [6, 6.07) is 16.6. The number of benzene rings is 2. The molecule has 0 atom stereocenters. The van der Waals surface area contributed by atoms with E-state index in [1.54, 1.807) is 17.0 Å². The second kappa shape index (κ2) is 10.2. The number of likely N-dealkylation sites (tertiary alicyclic amines) is 1. The molecule has 0 aromatic heterocycles. The average molecular weight is 459 g/mol. The van der Waals surface area contributed by atoms with Gasteiger partial charge >= 0.3 is 5.97 Å². The van der Waals surface area contributed by atoms with Crippen molar-refractivity contribution >= 4 is 33.7 Å². The van der Waals surface area contributed by atoms with E-state index in [4.69, 9.17) is 4.74 Å². The van der Waals surface area contributed by atoms with Crippen LogP contribution in [0.5, 0.6) is 0 Å². The van der Waals surface area contributed by atoms with E-state index in [1.165, 1.54) is 0 Å². The lowest BCUT2D eigenvalue weighted by molar-refractivity contribution is -0.145. The highest BCUT2D eigenvalue weighted by Crippen LogP contribution is 2.20. The lowest BCUT2D eigenvalue weighted by atomic mass is 9.95. The molecule has 0 unspecified atom stereocenters. The Bertz CT molecular complexity index is 847. The standard InChI is InChI=1S/C22H23BrN2O4/c23-19-8-6-18(7-9-19)22(28)25-12-10-17(11-13-25)21(27)24-14-20(26)29-15-16-4-2-1-3-5-16/h1-9,17H,10-15H2,(H,24,27). The third-order valence-electron chi connectivity index (χ3n) is 4.89. The number of nitrogens with zero attached hydrogens (tertiary/aromatic N) is 1. The van der Waals surface area contributed by atoms with E-state index in [0.29, 0.717) is 31.5 Å². The molecular weight excluding hydrogens is 436 g/mol. The predicted octanol–water partition coefficient (Wildman–Crippen LogP) is 3.16. The number of esters is 1. The summed E-state index contributed by atoms with van der Waals surface area (Å²) in [5.74, 6) is -0.866. The molecule has 2 amide bonds. The third kappa shape index (κ3) is 6.15. The summed E-state index contributed by atoms with van der Waals surface area (Å²) in [6.07, 6.45) is 1.15. The van der Waals surface area contributed by atoms with Gasteiger partial charge in [0.05, 0.1) is 0 Å². The molecule has 6 nitrogen and oxygen atoms in total. The van der Waals surface area contributed by atoms with Crippen molar-refractivity contribution in [3.05, 3.63) is 70.2 Å². The maximum atomic E-state index is 12.5. The number of halogens is 1. The Labute approximate surface area is 178 Å². The summed E-state index contributed by atoms with van der Waals surface area (Å²) in [6.45, 7) is 1.08. The number of rotatable bonds is 6. The first-order chi connectivity index (χ1) is 14.0. The van der Waals surface area contributed by atoms with Gasteiger partial charge in [-0.1, -0.05) is 46.3 Å². The minimum absolute atomic E-state index is 0.0270. The van der Waals surface area contributed by atoms with Gasteiger partial charge in [-0.2, -0.15) is 0 Å². The zero-order valence-electron chi connectivity index (χ0n) is 16.0. The van der Waals surface area contributed by atoms with Gasteiger partial charge in [-0.15, -0.1) is 0 Å². The highest BCUT2D eigenvalue weighted by atomic mass is 79.9. The molecule has 2 aromatic rings. The zero-order valence-corrected chi connectivity index (χ0v) is 17.6. The van der Waals surface area contributed by atoms with Crippen LogP contribution in [0.4, 0.5) is 0 Å². The monoisotopic (exact) mass is 458 g/mol. The highest BCUT2D eigenvalue weighted by Gasteiger charge is 2.28. The molecule has 3 rings (SSSR count). The molecule has 152 valence electrons. The molecule has 0 aliphatic carbocycles. The lowest BCUT2D eigenvalue weighted by Crippen LogP contribution is -2.44. The second-order valence-electron chi connectivity index (χ2n) is 6.94. The normalized spacial score (nSPS) is 14.3. The Hall–Kier alpha value is -2.67. The van der Waals surface area contributed by atoms with E-state index in [-0.39, 0.29) is 30.9 Å². The molecule has 1 saturated heterocycles. The van der Waals surface area contributed by atoms with Crippen molar-refractivity contribution in [2.75, 3.05) is 19.6 Å². The molecule has 7 heteroatoms. The van der Waals surface area contributed by atoms with Gasteiger partial charge in [-0.05, 0) is 42.7 Å². The lowest BCUT2D eigenvalue weighted by Gasteiger charge is -2.31. The number of carbonyl (C=O) groups is 3. The van der Waals surface area contributed by atoms with Crippen molar-refractivity contribution in [2.24, 2.45) is 5.92 Å². The third-order valence-corrected chi connectivity index (χ3v) is 5.42. The van der Waals surface area contributed by atoms with Crippen molar-refractivity contribution in [3.63, 3.8) is 0 Å². The number of nitrogens with one attached hydrogen (secondary N) is 1. The fourth-order valence-electron chi connectivity index (χ4n) is 3.21. The molecule has 1 aliphatic heterocycles. The fraction of sp³-hybridized carbons (Fsp3) is 0.318. The van der Waals surface area contributed by atoms with Crippen molar-refractivity contribution in [3.8, 4) is 0 Å². The summed E-state index contributed by atoms with van der Waals surface area (Å²) in [7, 11) is 0. The van der Waals surface area contributed by atoms with Gasteiger partial charge < -0.3 is 15.0 Å². The molecular formula is C22H23BrN2O4. The van der Waals surface area contributed by atoms with Crippen molar-refractivity contribution < 1.29 is 19.1 Å². The summed E-state index contributed by atoms with van der Waals surface area (Å²) < 4.78 is 6.08. The van der Waals surface area contributed by atoms with E-state index < -0.39 is 5.97 Å². The Morgan fingerprint density at radius 2 is 1.66 bits per heavy atom. The highest BCUT2D eigenvalue weighted by molar-refractivity contribution is 9.10. The maximum absolute atomic E-state index is 12.5. The molecule has 0 radical (unpaired) electrons. The molecule has 1 aliphatic rings. The van der Waals surface area contributed by atoms with E-state index >= 15 is 0 Å². The summed E-state index contributed by atoms with van der Waals surface area (Å²) in [5.41, 5.74) is 1.53. The maximum Gasteiger partial charge on any atom is 0.325 e. The first kappa shape index (κ1) is 21.0. The average Bonchev–Trinajstić information content (AvgIpc) is 2.77. The Kier molecular flexibility index (Phi) is 7.41. The number of hydrogen-bond acceptors (Lipinski definition) is 4. The topological polar surface area (TPSA) is 75.7 Å². The predicted molar refractivity (Wildman–Crippen MR) is 112 cm³/mol. The molecule has 29 heavy (non-hydrogen) atoms. The van der Waals surface area contributed by atoms with Gasteiger partial charge in [0.1, 0.15) is 13.2 Å². The van der Waals surface area contributed by atoms with Gasteiger partial charge in [-0.3, -0.25) is 14.4 Å². The zero-order chi connectivity index (χ0) is 20.6. The minimum atomic E-state index is -0.468. The molecule has 0 spiro atoms. The smallest absolute Gasteiger partial charge is 0.325 e. The largest absolute Gasteiger partial charge is 0.460 e. The fourth-order valence-corrected chi connectivity index (χ4v) is 3.48. The molecule has 0 bridgehead atoms. The summed E-state index contributed by atoms with van der Waals surface area (Å²) in [5, 5.41) is 2.65. The van der Waals surface area contributed by atoms with E-state index in [9.17, 15) is 14.4 Å². The van der Waals surface area contributed by atoms with Crippen LogP contribution in [0.1, 0.15) is 28.8 Å². The van der Waals surface area contributed by atoms with Crippen molar-refractivity contribution in [1.29, 1.82) is 0 Å². The van der Waals surface area contributed by atoms with Crippen LogP contribution in [0.2, 0.25) is 0 Å². The van der Waals surface area contributed by atoms with Gasteiger partial charge in [-0.25, -0.2) is 0 Å². The van der Waals surface area contributed by atoms with Gasteiger partial charge in [0.2, 0.25) is 5.91 Å². The Balaban J connectivity index is 1.38. The SMILES string of the molecule is O=C(CNC(=O)C1CCN(C(=O)c2ccc(Br)cc2)CC1)OCc1ccccc1. The molecule has 2 aromatic carbocycles. The molecule has 1 heterocycles. The Morgan fingerprint density at radius 1 is 1.00 bits per heavy atom.